The van der Waals surface area contributed by atoms with Crippen LogP contribution in [0.25, 0.3) is 11.7 Å². The molecule has 3 aromatic heterocycles. The first-order valence-corrected chi connectivity index (χ1v) is 10.5. The highest BCUT2D eigenvalue weighted by Crippen LogP contribution is 2.38. The second kappa shape index (κ2) is 7.73. The molecule has 5 rings (SSSR count). The Balaban J connectivity index is 1.56. The fourth-order valence-electron chi connectivity index (χ4n) is 4.14. The molecule has 162 valence electrons. The summed E-state index contributed by atoms with van der Waals surface area (Å²) in [5, 5.41) is 18.3. The third-order valence-corrected chi connectivity index (χ3v) is 5.95. The maximum Gasteiger partial charge on any atom is 0.326 e. The maximum atomic E-state index is 11.5. The average molecular weight is 425 g/mol. The second-order valence-corrected chi connectivity index (χ2v) is 8.44. The Morgan fingerprint density at radius 1 is 1.35 bits per heavy atom. The van der Waals surface area contributed by atoms with E-state index in [9.17, 15) is 9.90 Å². The molecule has 2 fully saturated rings. The number of H-pyrrole nitrogens is 2. The van der Waals surface area contributed by atoms with Crippen molar-refractivity contribution >= 4 is 17.7 Å². The zero-order valence-electron chi connectivity index (χ0n) is 17.1. The van der Waals surface area contributed by atoms with Gasteiger partial charge in [-0.25, -0.2) is 9.79 Å². The van der Waals surface area contributed by atoms with E-state index in [-0.39, 0.29) is 23.0 Å². The standard InChI is InChI=1S/C20H24N8O3/c1-31-11-20(6-2-3-7-20)10-21-17-25-15-12(8-14-16(29)26-19(30)24-14)9-22-28(15)18(27-17)23-13-4-5-13/h8-9,13H,1-7,10-11H2,(H3-,21,22,23,24,25,26,27,29,30)/p+1. The topological polar surface area (TPSA) is 146 Å². The summed E-state index contributed by atoms with van der Waals surface area (Å²) in [6, 6.07) is 0.258. The Morgan fingerprint density at radius 3 is 2.84 bits per heavy atom. The van der Waals surface area contributed by atoms with Gasteiger partial charge in [-0.2, -0.15) is 24.3 Å². The van der Waals surface area contributed by atoms with E-state index in [1.165, 1.54) is 12.8 Å². The Bertz CT molecular complexity index is 1260. The van der Waals surface area contributed by atoms with Crippen molar-refractivity contribution in [3.63, 3.8) is 0 Å². The molecule has 3 aromatic rings. The van der Waals surface area contributed by atoms with Crippen LogP contribution in [0.15, 0.2) is 16.0 Å². The number of hydrogen-bond donors (Lipinski definition) is 4. The molecule has 3 heterocycles. The van der Waals surface area contributed by atoms with Gasteiger partial charge in [0.25, 0.3) is 5.62 Å². The van der Waals surface area contributed by atoms with Crippen LogP contribution in [-0.4, -0.2) is 53.9 Å². The molecule has 0 aliphatic heterocycles. The fraction of sp³-hybridized carbons (Fsp3) is 0.500. The van der Waals surface area contributed by atoms with Crippen LogP contribution in [0, 0.1) is 12.5 Å². The number of rotatable bonds is 7. The molecular weight excluding hydrogens is 400 g/mol. The van der Waals surface area contributed by atoms with Crippen molar-refractivity contribution in [1.82, 2.24) is 29.5 Å². The third-order valence-electron chi connectivity index (χ3n) is 5.95. The Hall–Kier alpha value is -3.34. The molecule has 11 nitrogen and oxygen atoms in total. The number of fused-ring (bicyclic) bond motifs is 1. The minimum absolute atomic E-state index is 0.0244. The van der Waals surface area contributed by atoms with E-state index in [1.54, 1.807) is 16.8 Å². The van der Waals surface area contributed by atoms with Gasteiger partial charge in [-0.3, -0.25) is 4.98 Å². The highest BCUT2D eigenvalue weighted by Gasteiger charge is 2.35. The molecule has 2 aliphatic rings. The molecule has 0 unspecified atom stereocenters. The normalized spacial score (nSPS) is 19.5. The van der Waals surface area contributed by atoms with Crippen LogP contribution < -0.4 is 21.8 Å². The van der Waals surface area contributed by atoms with Crippen molar-refractivity contribution in [1.29, 1.82) is 0 Å². The van der Waals surface area contributed by atoms with Gasteiger partial charge in [-0.1, -0.05) is 12.8 Å². The number of anilines is 1. The highest BCUT2D eigenvalue weighted by molar-refractivity contribution is 5.57. The van der Waals surface area contributed by atoms with E-state index >= 15 is 0 Å². The lowest BCUT2D eigenvalue weighted by Crippen LogP contribution is -2.33. The van der Waals surface area contributed by atoms with Gasteiger partial charge < -0.3 is 15.4 Å². The van der Waals surface area contributed by atoms with Crippen molar-refractivity contribution in [3.05, 3.63) is 40.3 Å². The molecule has 4 N–H and O–H groups in total. The van der Waals surface area contributed by atoms with Crippen LogP contribution in [0.3, 0.4) is 0 Å². The Kier molecular flexibility index (Phi) is 4.89. The summed E-state index contributed by atoms with van der Waals surface area (Å²) in [5.41, 5.74) is 0.807. The van der Waals surface area contributed by atoms with Gasteiger partial charge >= 0.3 is 5.69 Å². The van der Waals surface area contributed by atoms with Crippen LogP contribution in [0.5, 0.6) is 5.88 Å². The smallest absolute Gasteiger partial charge is 0.326 e. The van der Waals surface area contributed by atoms with Gasteiger partial charge in [-0.05, 0) is 31.8 Å². The minimum atomic E-state index is -0.490. The summed E-state index contributed by atoms with van der Waals surface area (Å²) in [6.07, 6.45) is 9.79. The molecule has 2 aliphatic carbocycles. The average Bonchev–Trinajstić information content (AvgIpc) is 3.14. The van der Waals surface area contributed by atoms with Gasteiger partial charge in [0.1, 0.15) is 12.3 Å². The van der Waals surface area contributed by atoms with Crippen LogP contribution >= 0.6 is 0 Å². The predicted octanol–water partition coefficient (Wildman–Crippen LogP) is 0.238. The summed E-state index contributed by atoms with van der Waals surface area (Å²) in [4.78, 5) is 30.2. The van der Waals surface area contributed by atoms with E-state index in [2.05, 4.69) is 42.5 Å². The van der Waals surface area contributed by atoms with E-state index < -0.39 is 5.69 Å². The zero-order chi connectivity index (χ0) is 21.4. The summed E-state index contributed by atoms with van der Waals surface area (Å²) < 4.78 is 6.82. The summed E-state index contributed by atoms with van der Waals surface area (Å²) >= 11 is 0. The Labute approximate surface area is 177 Å². The molecule has 0 amide bonds. The van der Waals surface area contributed by atoms with E-state index in [4.69, 9.17) is 4.74 Å². The number of aromatic amines is 2. The van der Waals surface area contributed by atoms with E-state index in [0.717, 1.165) is 25.7 Å². The number of hydrogen-bond acceptors (Lipinski definition) is 8. The lowest BCUT2D eigenvalue weighted by molar-refractivity contribution is 0.118. The van der Waals surface area contributed by atoms with Gasteiger partial charge in [0, 0.05) is 17.2 Å². The van der Waals surface area contributed by atoms with E-state index in [0.29, 0.717) is 35.6 Å². The number of nitrogens with one attached hydrogen (secondary N) is 3. The van der Waals surface area contributed by atoms with Crippen LogP contribution in [0.2, 0.25) is 0 Å². The first-order valence-electron chi connectivity index (χ1n) is 10.5. The first kappa shape index (κ1) is 19.6. The second-order valence-electron chi connectivity index (χ2n) is 8.44. The van der Waals surface area contributed by atoms with Gasteiger partial charge in [0.2, 0.25) is 18.9 Å². The molecule has 2 saturated carbocycles. The fourth-order valence-corrected chi connectivity index (χ4v) is 4.14. The molecule has 0 saturated heterocycles. The Morgan fingerprint density at radius 2 is 2.16 bits per heavy atom. The quantitative estimate of drug-likeness (QED) is 0.397. The first-order chi connectivity index (χ1) is 15.0. The largest absolute Gasteiger partial charge is 0.493 e. The third kappa shape index (κ3) is 4.00. The van der Waals surface area contributed by atoms with Crippen molar-refractivity contribution in [2.45, 2.75) is 44.6 Å². The predicted molar refractivity (Wildman–Crippen MR) is 112 cm³/mol. The molecule has 0 aromatic carbocycles. The summed E-state index contributed by atoms with van der Waals surface area (Å²) in [7, 11) is 3.56. The lowest BCUT2D eigenvalue weighted by atomic mass is 9.87. The van der Waals surface area contributed by atoms with Crippen molar-refractivity contribution < 1.29 is 9.84 Å². The number of nitrogens with zero attached hydrogens (tertiary/aromatic N) is 5. The van der Waals surface area contributed by atoms with Crippen LogP contribution in [0.4, 0.5) is 5.95 Å². The molecule has 0 atom stereocenters. The number of ether oxygens (including phenoxy) is 1. The number of aromatic hydroxyl groups is 1. The summed E-state index contributed by atoms with van der Waals surface area (Å²) in [5.74, 6) is 0.222. The SMILES string of the molecule is [CH2+]OCC1(CNc2nc(=NC3CC3)n3ncc(=Cc4[nH]c(=O)[nH]c4O)c3n2)CCCC1. The lowest BCUT2D eigenvalue weighted by Gasteiger charge is -2.26. The molecular formula is C20H25N8O3+. The monoisotopic (exact) mass is 425 g/mol. The number of aromatic nitrogens is 6. The molecule has 0 radical (unpaired) electrons. The molecule has 11 heteroatoms. The summed E-state index contributed by atoms with van der Waals surface area (Å²) in [6.45, 7) is 1.27. The highest BCUT2D eigenvalue weighted by atomic mass is 16.5. The van der Waals surface area contributed by atoms with Crippen LogP contribution in [-0.2, 0) is 4.74 Å². The van der Waals surface area contributed by atoms with Crippen molar-refractivity contribution in [3.8, 4) is 5.88 Å². The van der Waals surface area contributed by atoms with Crippen molar-refractivity contribution in [2.75, 3.05) is 18.5 Å². The van der Waals surface area contributed by atoms with Gasteiger partial charge in [-0.15, -0.1) is 0 Å². The minimum Gasteiger partial charge on any atom is -0.493 e. The zero-order valence-corrected chi connectivity index (χ0v) is 17.1. The maximum absolute atomic E-state index is 11.5. The van der Waals surface area contributed by atoms with Gasteiger partial charge in [0.05, 0.1) is 12.2 Å². The van der Waals surface area contributed by atoms with Gasteiger partial charge in [0.15, 0.2) is 5.65 Å². The number of imidazole rings is 1. The van der Waals surface area contributed by atoms with Crippen LogP contribution in [0.1, 0.15) is 44.2 Å². The molecule has 0 bridgehead atoms. The van der Waals surface area contributed by atoms with E-state index in [1.807, 2.05) is 0 Å². The molecule has 0 spiro atoms. The molecule has 31 heavy (non-hydrogen) atoms. The van der Waals surface area contributed by atoms with Crippen molar-refractivity contribution in [2.24, 2.45) is 10.4 Å².